The molecular formula is C17H13N3O4. The third-order valence-corrected chi connectivity index (χ3v) is 3.18. The van der Waals surface area contributed by atoms with Gasteiger partial charge in [0.1, 0.15) is 0 Å². The lowest BCUT2D eigenvalue weighted by Gasteiger charge is -2.05. The van der Waals surface area contributed by atoms with Gasteiger partial charge >= 0.3 is 12.0 Å². The smallest absolute Gasteiger partial charge is 0.335 e. The van der Waals surface area contributed by atoms with Gasteiger partial charge in [0.15, 0.2) is 11.6 Å². The molecule has 0 atom stereocenters. The number of amides is 2. The van der Waals surface area contributed by atoms with Crippen LogP contribution in [0.5, 0.6) is 0 Å². The Morgan fingerprint density at radius 1 is 0.958 bits per heavy atom. The fourth-order valence-electron chi connectivity index (χ4n) is 2.08. The number of carboxylic acids is 1. The molecule has 0 fully saturated rings. The van der Waals surface area contributed by atoms with Crippen molar-refractivity contribution in [3.63, 3.8) is 0 Å². The predicted molar refractivity (Wildman–Crippen MR) is 88.0 cm³/mol. The fourth-order valence-corrected chi connectivity index (χ4v) is 2.08. The summed E-state index contributed by atoms with van der Waals surface area (Å²) in [6.45, 7) is 0. The number of nitrogens with zero attached hydrogens (tertiary/aromatic N) is 1. The van der Waals surface area contributed by atoms with Crippen molar-refractivity contribution in [1.29, 1.82) is 0 Å². The number of anilines is 2. The van der Waals surface area contributed by atoms with Gasteiger partial charge in [-0.1, -0.05) is 41.6 Å². The Balaban J connectivity index is 1.66. The monoisotopic (exact) mass is 323 g/mol. The fraction of sp³-hybridized carbons (Fsp3) is 0. The Kier molecular flexibility index (Phi) is 4.24. The van der Waals surface area contributed by atoms with E-state index in [0.717, 1.165) is 5.56 Å². The summed E-state index contributed by atoms with van der Waals surface area (Å²) >= 11 is 0. The molecule has 0 aliphatic carbocycles. The molecular weight excluding hydrogens is 310 g/mol. The molecule has 3 aromatic rings. The molecule has 0 saturated carbocycles. The summed E-state index contributed by atoms with van der Waals surface area (Å²) in [7, 11) is 0. The zero-order chi connectivity index (χ0) is 16.9. The number of benzene rings is 2. The van der Waals surface area contributed by atoms with E-state index in [1.807, 2.05) is 30.3 Å². The number of carbonyl (C=O) groups is 2. The van der Waals surface area contributed by atoms with Crippen LogP contribution >= 0.6 is 0 Å². The Bertz CT molecular complexity index is 874. The van der Waals surface area contributed by atoms with E-state index >= 15 is 0 Å². The van der Waals surface area contributed by atoms with E-state index < -0.39 is 12.0 Å². The molecule has 0 saturated heterocycles. The number of nitrogens with one attached hydrogen (secondary N) is 2. The van der Waals surface area contributed by atoms with Crippen LogP contribution in [0.2, 0.25) is 0 Å². The maximum absolute atomic E-state index is 12.0. The zero-order valence-electron chi connectivity index (χ0n) is 12.4. The van der Waals surface area contributed by atoms with E-state index in [-0.39, 0.29) is 11.4 Å². The number of rotatable bonds is 4. The van der Waals surface area contributed by atoms with Crippen LogP contribution in [0.15, 0.2) is 65.2 Å². The van der Waals surface area contributed by atoms with E-state index in [1.54, 1.807) is 18.2 Å². The maximum Gasteiger partial charge on any atom is 0.335 e. The van der Waals surface area contributed by atoms with Gasteiger partial charge < -0.3 is 14.9 Å². The standard InChI is InChI=1S/C17H13N3O4/c21-16(22)12-7-4-8-13(9-12)18-17(23)19-15-10-14(24-20-15)11-5-2-1-3-6-11/h1-10H,(H,21,22)(H2,18,19,20,23). The van der Waals surface area contributed by atoms with Crippen LogP contribution in [0.4, 0.5) is 16.3 Å². The molecule has 0 bridgehead atoms. The third kappa shape index (κ3) is 3.58. The molecule has 7 nitrogen and oxygen atoms in total. The molecule has 0 spiro atoms. The molecule has 0 aliphatic rings. The van der Waals surface area contributed by atoms with Crippen molar-refractivity contribution in [3.8, 4) is 11.3 Å². The second-order valence-corrected chi connectivity index (χ2v) is 4.91. The molecule has 3 rings (SSSR count). The second-order valence-electron chi connectivity index (χ2n) is 4.91. The summed E-state index contributed by atoms with van der Waals surface area (Å²) in [6, 6.07) is 16.3. The highest BCUT2D eigenvalue weighted by atomic mass is 16.5. The molecule has 2 amide bonds. The van der Waals surface area contributed by atoms with Gasteiger partial charge in [-0.05, 0) is 18.2 Å². The lowest BCUT2D eigenvalue weighted by molar-refractivity contribution is 0.0697. The van der Waals surface area contributed by atoms with Crippen LogP contribution < -0.4 is 10.6 Å². The molecule has 120 valence electrons. The summed E-state index contributed by atoms with van der Waals surface area (Å²) in [4.78, 5) is 22.9. The van der Waals surface area contributed by atoms with E-state index in [9.17, 15) is 9.59 Å². The van der Waals surface area contributed by atoms with Crippen LogP contribution in [0.1, 0.15) is 10.4 Å². The number of aromatic nitrogens is 1. The number of carbonyl (C=O) groups excluding carboxylic acids is 1. The summed E-state index contributed by atoms with van der Waals surface area (Å²) in [5, 5.41) is 17.8. The first-order valence-electron chi connectivity index (χ1n) is 7.05. The number of urea groups is 1. The van der Waals surface area contributed by atoms with Crippen LogP contribution in [-0.4, -0.2) is 22.3 Å². The van der Waals surface area contributed by atoms with Crippen molar-refractivity contribution in [1.82, 2.24) is 5.16 Å². The van der Waals surface area contributed by atoms with Crippen LogP contribution in [0.25, 0.3) is 11.3 Å². The van der Waals surface area contributed by atoms with Gasteiger partial charge in [0.25, 0.3) is 0 Å². The van der Waals surface area contributed by atoms with Crippen LogP contribution in [0.3, 0.4) is 0 Å². The molecule has 2 aromatic carbocycles. The minimum absolute atomic E-state index is 0.0839. The van der Waals surface area contributed by atoms with E-state index in [0.29, 0.717) is 11.4 Å². The molecule has 1 aromatic heterocycles. The van der Waals surface area contributed by atoms with Gasteiger partial charge in [-0.2, -0.15) is 0 Å². The number of aromatic carboxylic acids is 1. The molecule has 0 aliphatic heterocycles. The highest BCUT2D eigenvalue weighted by molar-refractivity contribution is 6.00. The first-order chi connectivity index (χ1) is 11.6. The molecule has 1 heterocycles. The first-order valence-corrected chi connectivity index (χ1v) is 7.05. The van der Waals surface area contributed by atoms with Crippen molar-refractivity contribution < 1.29 is 19.2 Å². The normalized spacial score (nSPS) is 10.2. The SMILES string of the molecule is O=C(Nc1cccc(C(=O)O)c1)Nc1cc(-c2ccccc2)on1. The van der Waals surface area contributed by atoms with Crippen molar-refractivity contribution >= 4 is 23.5 Å². The van der Waals surface area contributed by atoms with E-state index in [4.69, 9.17) is 9.63 Å². The van der Waals surface area contributed by atoms with Crippen molar-refractivity contribution in [2.45, 2.75) is 0 Å². The maximum atomic E-state index is 12.0. The molecule has 3 N–H and O–H groups in total. The largest absolute Gasteiger partial charge is 0.478 e. The molecule has 0 radical (unpaired) electrons. The lowest BCUT2D eigenvalue weighted by Crippen LogP contribution is -2.19. The second kappa shape index (κ2) is 6.66. The quantitative estimate of drug-likeness (QED) is 0.679. The van der Waals surface area contributed by atoms with Crippen molar-refractivity contribution in [2.24, 2.45) is 0 Å². The van der Waals surface area contributed by atoms with Crippen LogP contribution in [-0.2, 0) is 0 Å². The average molecular weight is 323 g/mol. The minimum atomic E-state index is -1.07. The lowest BCUT2D eigenvalue weighted by atomic mass is 10.2. The van der Waals surface area contributed by atoms with Crippen LogP contribution in [0, 0.1) is 0 Å². The first kappa shape index (κ1) is 15.3. The van der Waals surface area contributed by atoms with Gasteiger partial charge in [0.05, 0.1) is 5.56 Å². The Labute approximate surface area is 136 Å². The summed E-state index contributed by atoms with van der Waals surface area (Å²) < 4.78 is 5.18. The number of carboxylic acid groups (broad SMARTS) is 1. The molecule has 7 heteroatoms. The number of hydrogen-bond donors (Lipinski definition) is 3. The van der Waals surface area contributed by atoms with Gasteiger partial charge in [-0.3, -0.25) is 5.32 Å². The Morgan fingerprint density at radius 2 is 1.75 bits per heavy atom. The molecule has 24 heavy (non-hydrogen) atoms. The average Bonchev–Trinajstić information content (AvgIpc) is 3.04. The van der Waals surface area contributed by atoms with E-state index in [2.05, 4.69) is 15.8 Å². The van der Waals surface area contributed by atoms with Gasteiger partial charge in [0.2, 0.25) is 0 Å². The van der Waals surface area contributed by atoms with Gasteiger partial charge in [-0.15, -0.1) is 0 Å². The highest BCUT2D eigenvalue weighted by Gasteiger charge is 2.10. The van der Waals surface area contributed by atoms with E-state index in [1.165, 1.54) is 12.1 Å². The third-order valence-electron chi connectivity index (χ3n) is 3.18. The summed E-state index contributed by atoms with van der Waals surface area (Å²) in [6.07, 6.45) is 0. The number of hydrogen-bond acceptors (Lipinski definition) is 4. The molecule has 0 unspecified atom stereocenters. The predicted octanol–water partition coefficient (Wildman–Crippen LogP) is 3.68. The van der Waals surface area contributed by atoms with Crippen molar-refractivity contribution in [3.05, 3.63) is 66.2 Å². The Hall–Kier alpha value is -3.61. The highest BCUT2D eigenvalue weighted by Crippen LogP contribution is 2.22. The Morgan fingerprint density at radius 3 is 2.50 bits per heavy atom. The topological polar surface area (TPSA) is 104 Å². The zero-order valence-corrected chi connectivity index (χ0v) is 12.4. The summed E-state index contributed by atoms with van der Waals surface area (Å²) in [5.74, 6) is -0.289. The van der Waals surface area contributed by atoms with Crippen molar-refractivity contribution in [2.75, 3.05) is 10.6 Å². The van der Waals surface area contributed by atoms with Gasteiger partial charge in [0, 0.05) is 17.3 Å². The van der Waals surface area contributed by atoms with Gasteiger partial charge in [-0.25, -0.2) is 9.59 Å². The minimum Gasteiger partial charge on any atom is -0.478 e. The summed E-state index contributed by atoms with van der Waals surface area (Å²) in [5.41, 5.74) is 1.28.